The zero-order valence-corrected chi connectivity index (χ0v) is 15.6. The predicted octanol–water partition coefficient (Wildman–Crippen LogP) is -11.3. The summed E-state index contributed by atoms with van der Waals surface area (Å²) in [5.74, 6) is -13.1. The molecule has 0 radical (unpaired) electrons. The molecule has 14 heteroatoms. The number of aliphatic carboxylic acids is 6. The maximum atomic E-state index is 8.93. The monoisotopic (exact) mass is 494 g/mol. The fraction of sp³-hybridized carbons (Fsp3) is 0. The second-order valence-electron chi connectivity index (χ2n) is 1.72. The molecule has 0 aromatic rings. The summed E-state index contributed by atoms with van der Waals surface area (Å²) in [5, 5.41) is 53.6. The number of carbonyl (C=O) groups excluding carboxylic acids is 6. The molecule has 0 unspecified atom stereocenters. The van der Waals surface area contributed by atoms with Gasteiger partial charge in [-0.1, -0.05) is 0 Å². The van der Waals surface area contributed by atoms with Gasteiger partial charge in [-0.15, -0.1) is 0 Å². The molecule has 0 saturated carbocycles. The van der Waals surface area contributed by atoms with E-state index in [-0.39, 0.29) is 51.7 Å². The number of rotatable bonds is 0. The van der Waals surface area contributed by atoms with E-state index in [1.54, 1.807) is 0 Å². The maximum Gasteiger partial charge on any atom is 3.00 e. The molecule has 0 aromatic carbocycles. The van der Waals surface area contributed by atoms with Crippen molar-refractivity contribution in [2.45, 2.75) is 0 Å². The van der Waals surface area contributed by atoms with Crippen LogP contribution < -0.4 is 30.6 Å². The van der Waals surface area contributed by atoms with Gasteiger partial charge in [-0.2, -0.15) is 0 Å². The molecule has 0 heterocycles. The van der Waals surface area contributed by atoms with E-state index in [1.807, 2.05) is 0 Å². The molecule has 102 valence electrons. The molecule has 0 aliphatic heterocycles. The van der Waals surface area contributed by atoms with Crippen molar-refractivity contribution in [1.82, 2.24) is 0 Å². The number of carboxylic acids is 6. The topological polar surface area (TPSA) is 241 Å². The molecule has 0 amide bonds. The Bertz CT molecular complexity index is 281. The van der Waals surface area contributed by atoms with Crippen molar-refractivity contribution >= 4 is 87.5 Å². The second-order valence-corrected chi connectivity index (χ2v) is 1.72. The van der Waals surface area contributed by atoms with Gasteiger partial charge in [-0.3, -0.25) is 0 Å². The summed E-state index contributed by atoms with van der Waals surface area (Å²) in [6.07, 6.45) is 0. The Labute approximate surface area is 146 Å². The van der Waals surface area contributed by atoms with Gasteiger partial charge < -0.3 is 59.4 Å². The first-order valence-electron chi connectivity index (χ1n) is 3.20. The van der Waals surface area contributed by atoms with E-state index < -0.39 is 35.8 Å². The fourth-order valence-electron chi connectivity index (χ4n) is 0. The van der Waals surface area contributed by atoms with Gasteiger partial charge in [0.15, 0.2) is 0 Å². The summed E-state index contributed by atoms with van der Waals surface area (Å²) in [6, 6.07) is 0. The summed E-state index contributed by atoms with van der Waals surface area (Å²) < 4.78 is 0. The number of hydrogen-bond donors (Lipinski definition) is 0. The molecule has 0 spiro atoms. The molecule has 0 atom stereocenters. The normalized spacial score (nSPS) is 6.60. The Hall–Kier alpha value is -1.44. The zero-order valence-electron chi connectivity index (χ0n) is 9.05. The van der Waals surface area contributed by atoms with E-state index in [0.29, 0.717) is 0 Å². The van der Waals surface area contributed by atoms with E-state index in [4.69, 9.17) is 59.4 Å². The first-order chi connectivity index (χ1) is 7.93. The molecule has 0 rings (SSSR count). The van der Waals surface area contributed by atoms with E-state index in [9.17, 15) is 0 Å². The van der Waals surface area contributed by atoms with Gasteiger partial charge in [0.25, 0.3) is 0 Å². The Kier molecular flexibility index (Phi) is 27.3. The van der Waals surface area contributed by atoms with Gasteiger partial charge >= 0.3 is 51.7 Å². The van der Waals surface area contributed by atoms with E-state index >= 15 is 0 Å². The second kappa shape index (κ2) is 17.6. The molecule has 0 fully saturated rings. The van der Waals surface area contributed by atoms with Crippen LogP contribution in [0.1, 0.15) is 0 Å². The number of carbonyl (C=O) groups is 6. The van der Waals surface area contributed by atoms with Gasteiger partial charge in [0, 0.05) is 0 Å². The van der Waals surface area contributed by atoms with Crippen LogP contribution in [0.15, 0.2) is 0 Å². The fourth-order valence-corrected chi connectivity index (χ4v) is 0. The van der Waals surface area contributed by atoms with Crippen LogP contribution in [0.3, 0.4) is 0 Å². The third kappa shape index (κ3) is 36.0. The van der Waals surface area contributed by atoms with Crippen LogP contribution in [-0.2, 0) is 28.8 Å². The average molecular weight is 494 g/mol. The summed E-state index contributed by atoms with van der Waals surface area (Å²) >= 11 is 0. The minimum absolute atomic E-state index is 0. The molecule has 0 aliphatic carbocycles. The molecule has 0 aliphatic rings. The zero-order chi connectivity index (χ0) is 15.5. The first kappa shape index (κ1) is 31.1. The minimum atomic E-state index is -2.19. The van der Waals surface area contributed by atoms with Crippen LogP contribution in [0.4, 0.5) is 0 Å². The summed E-state index contributed by atoms with van der Waals surface area (Å²) in [4.78, 5) is 53.6. The van der Waals surface area contributed by atoms with Crippen LogP contribution in [0.5, 0.6) is 0 Å². The van der Waals surface area contributed by atoms with Crippen LogP contribution >= 0.6 is 0 Å². The maximum absolute atomic E-state index is 8.93. The molecule has 20 heavy (non-hydrogen) atoms. The SMILES string of the molecule is O=C([O-])C(=O)[O-].O=C([O-])C(=O)[O-].O=C([O-])C(=O)[O-].[In+3].[In+3]. The van der Waals surface area contributed by atoms with Crippen molar-refractivity contribution in [3.05, 3.63) is 0 Å². The van der Waals surface area contributed by atoms with Crippen LogP contribution in [-0.4, -0.2) is 87.5 Å². The van der Waals surface area contributed by atoms with Gasteiger partial charge in [0.2, 0.25) is 0 Å². The molecular formula is C6In2O12. The molecule has 0 saturated heterocycles. The smallest absolute Gasteiger partial charge is 0.543 e. The minimum Gasteiger partial charge on any atom is -0.543 e. The molecule has 12 nitrogen and oxygen atoms in total. The number of hydrogen-bond acceptors (Lipinski definition) is 12. The van der Waals surface area contributed by atoms with Crippen molar-refractivity contribution in [3.8, 4) is 0 Å². The average Bonchev–Trinajstić information content (AvgIpc) is 2.18. The van der Waals surface area contributed by atoms with Gasteiger partial charge in [-0.05, 0) is 0 Å². The summed E-state index contributed by atoms with van der Waals surface area (Å²) in [7, 11) is 0. The Morgan fingerprint density at radius 1 is 0.350 bits per heavy atom. The number of carboxylic acid groups (broad SMARTS) is 6. The standard InChI is InChI=1S/3C2H2O4.2In/c3*3-1(4)2(5)6;;/h3*(H,3,4)(H,5,6);;/q;;;2*+3/p-6. The van der Waals surface area contributed by atoms with Crippen LogP contribution in [0, 0.1) is 0 Å². The third-order valence-corrected chi connectivity index (χ3v) is 0.500. The van der Waals surface area contributed by atoms with Crippen molar-refractivity contribution < 1.29 is 59.4 Å². The first-order valence-corrected chi connectivity index (χ1v) is 3.20. The Morgan fingerprint density at radius 2 is 0.400 bits per heavy atom. The van der Waals surface area contributed by atoms with Gasteiger partial charge in [0.05, 0.1) is 35.8 Å². The molecular weight excluding hydrogens is 494 g/mol. The summed E-state index contributed by atoms with van der Waals surface area (Å²) in [6.45, 7) is 0. The van der Waals surface area contributed by atoms with Crippen LogP contribution in [0.25, 0.3) is 0 Å². The quantitative estimate of drug-likeness (QED) is 0.285. The van der Waals surface area contributed by atoms with Crippen molar-refractivity contribution in [1.29, 1.82) is 0 Å². The third-order valence-electron chi connectivity index (χ3n) is 0.500. The van der Waals surface area contributed by atoms with E-state index in [1.165, 1.54) is 0 Å². The van der Waals surface area contributed by atoms with Crippen molar-refractivity contribution in [3.63, 3.8) is 0 Å². The largest absolute Gasteiger partial charge is 3.00 e. The predicted molar refractivity (Wildman–Crippen MR) is 41.5 cm³/mol. The van der Waals surface area contributed by atoms with Crippen molar-refractivity contribution in [2.75, 3.05) is 0 Å². The summed E-state index contributed by atoms with van der Waals surface area (Å²) in [5.41, 5.74) is 0. The van der Waals surface area contributed by atoms with Gasteiger partial charge in [-0.25, -0.2) is 0 Å². The van der Waals surface area contributed by atoms with Gasteiger partial charge in [0.1, 0.15) is 0 Å². The molecule has 0 N–H and O–H groups in total. The Morgan fingerprint density at radius 3 is 0.400 bits per heavy atom. The van der Waals surface area contributed by atoms with Crippen molar-refractivity contribution in [2.24, 2.45) is 0 Å². The van der Waals surface area contributed by atoms with E-state index in [2.05, 4.69) is 0 Å². The molecule has 0 bridgehead atoms. The Balaban J connectivity index is -0.0000000536. The van der Waals surface area contributed by atoms with Crippen LogP contribution in [0.2, 0.25) is 0 Å². The van der Waals surface area contributed by atoms with E-state index in [0.717, 1.165) is 0 Å². The molecule has 0 aromatic heterocycles.